The number of carbonyl (C=O) groups excluding carboxylic acids is 1. The molecule has 2 aliphatic carbocycles. The first-order valence-electron chi connectivity index (χ1n) is 6.18. The average molecular weight is 228 g/mol. The fraction of sp³-hybridized carbons (Fsp3) is 0.400. The van der Waals surface area contributed by atoms with Crippen LogP contribution < -0.4 is 4.74 Å². The van der Waals surface area contributed by atoms with Crippen molar-refractivity contribution in [2.45, 2.75) is 31.6 Å². The normalized spacial score (nSPS) is 22.5. The zero-order valence-corrected chi connectivity index (χ0v) is 10.0. The predicted molar refractivity (Wildman–Crippen MR) is 66.4 cm³/mol. The van der Waals surface area contributed by atoms with Crippen LogP contribution in [0.3, 0.4) is 0 Å². The van der Waals surface area contributed by atoms with E-state index in [1.54, 1.807) is 7.11 Å². The van der Waals surface area contributed by atoms with E-state index < -0.39 is 0 Å². The highest BCUT2D eigenvalue weighted by atomic mass is 16.5. The van der Waals surface area contributed by atoms with Gasteiger partial charge in [0.25, 0.3) is 0 Å². The summed E-state index contributed by atoms with van der Waals surface area (Å²) in [6, 6.07) is 6.34. The van der Waals surface area contributed by atoms with Crippen LogP contribution in [0.2, 0.25) is 0 Å². The molecule has 1 unspecified atom stereocenters. The van der Waals surface area contributed by atoms with Gasteiger partial charge in [-0.15, -0.1) is 0 Å². The molecule has 0 aromatic heterocycles. The molecule has 0 N–H and O–H groups in total. The molecule has 0 aliphatic heterocycles. The number of fused-ring (bicyclic) bond motifs is 3. The molecular formula is C15H16O2. The van der Waals surface area contributed by atoms with Crippen LogP contribution in [0.25, 0.3) is 0 Å². The molecule has 17 heavy (non-hydrogen) atoms. The summed E-state index contributed by atoms with van der Waals surface area (Å²) in [6.07, 6.45) is 5.61. The van der Waals surface area contributed by atoms with Gasteiger partial charge in [-0.25, -0.2) is 0 Å². The lowest BCUT2D eigenvalue weighted by molar-refractivity contribution is -0.115. The fourth-order valence-corrected chi connectivity index (χ4v) is 2.98. The maximum Gasteiger partial charge on any atom is 0.155 e. The fourth-order valence-electron chi connectivity index (χ4n) is 2.98. The van der Waals surface area contributed by atoms with Gasteiger partial charge >= 0.3 is 0 Å². The van der Waals surface area contributed by atoms with Gasteiger partial charge in [0, 0.05) is 12.3 Å². The lowest BCUT2D eigenvalue weighted by atomic mass is 9.73. The molecule has 0 heterocycles. The Balaban J connectivity index is 2.06. The second kappa shape index (κ2) is 4.02. The summed E-state index contributed by atoms with van der Waals surface area (Å²) in [5.74, 6) is 1.66. The largest absolute Gasteiger partial charge is 0.497 e. The van der Waals surface area contributed by atoms with Crippen molar-refractivity contribution < 1.29 is 9.53 Å². The number of carbonyl (C=O) groups is 1. The first-order chi connectivity index (χ1) is 8.28. The zero-order chi connectivity index (χ0) is 11.8. The number of aryl methyl sites for hydroxylation is 1. The number of benzene rings is 1. The number of methoxy groups -OCH3 is 1. The Kier molecular flexibility index (Phi) is 2.50. The lowest BCUT2D eigenvalue weighted by Crippen LogP contribution is -2.18. The lowest BCUT2D eigenvalue weighted by Gasteiger charge is -2.31. The molecule has 2 aliphatic rings. The number of rotatable bonds is 1. The minimum Gasteiger partial charge on any atom is -0.497 e. The number of hydrogen-bond donors (Lipinski definition) is 0. The summed E-state index contributed by atoms with van der Waals surface area (Å²) in [5.41, 5.74) is 4.11. The first kappa shape index (κ1) is 10.6. The predicted octanol–water partition coefficient (Wildman–Crippen LogP) is 3.01. The Hall–Kier alpha value is -1.57. The van der Waals surface area contributed by atoms with Crippen LogP contribution >= 0.6 is 0 Å². The maximum absolute atomic E-state index is 11.5. The Morgan fingerprint density at radius 3 is 2.94 bits per heavy atom. The molecule has 1 atom stereocenters. The molecule has 0 fully saturated rings. The summed E-state index contributed by atoms with van der Waals surface area (Å²) in [6.45, 7) is 0. The third kappa shape index (κ3) is 1.78. The van der Waals surface area contributed by atoms with Crippen molar-refractivity contribution in [2.24, 2.45) is 0 Å². The van der Waals surface area contributed by atoms with E-state index in [1.807, 2.05) is 12.1 Å². The van der Waals surface area contributed by atoms with Crippen LogP contribution in [0.15, 0.2) is 29.8 Å². The van der Waals surface area contributed by atoms with E-state index in [4.69, 9.17) is 4.74 Å². The van der Waals surface area contributed by atoms with Crippen molar-refractivity contribution in [1.82, 2.24) is 0 Å². The van der Waals surface area contributed by atoms with Crippen molar-refractivity contribution in [3.05, 3.63) is 41.0 Å². The van der Waals surface area contributed by atoms with Crippen LogP contribution in [0.5, 0.6) is 5.75 Å². The van der Waals surface area contributed by atoms with Crippen molar-refractivity contribution in [3.63, 3.8) is 0 Å². The minimum atomic E-state index is 0.294. The molecular weight excluding hydrogens is 212 g/mol. The second-order valence-electron chi connectivity index (χ2n) is 4.84. The smallest absolute Gasteiger partial charge is 0.155 e. The third-order valence-corrected chi connectivity index (χ3v) is 3.88. The monoisotopic (exact) mass is 228 g/mol. The number of ether oxygens (including phenoxy) is 1. The Morgan fingerprint density at radius 1 is 1.24 bits per heavy atom. The van der Waals surface area contributed by atoms with E-state index in [0.29, 0.717) is 18.1 Å². The third-order valence-electron chi connectivity index (χ3n) is 3.88. The molecule has 0 spiro atoms. The van der Waals surface area contributed by atoms with Crippen molar-refractivity contribution >= 4 is 5.78 Å². The van der Waals surface area contributed by atoms with Crippen LogP contribution in [0.4, 0.5) is 0 Å². The molecule has 2 heteroatoms. The molecule has 1 aromatic carbocycles. The highest BCUT2D eigenvalue weighted by molar-refractivity contribution is 5.91. The molecule has 88 valence electrons. The second-order valence-corrected chi connectivity index (χ2v) is 4.84. The Morgan fingerprint density at radius 2 is 2.12 bits per heavy atom. The molecule has 0 saturated heterocycles. The van der Waals surface area contributed by atoms with Crippen molar-refractivity contribution in [2.75, 3.05) is 7.11 Å². The molecule has 0 bridgehead atoms. The molecule has 0 saturated carbocycles. The van der Waals surface area contributed by atoms with Gasteiger partial charge in [0.15, 0.2) is 5.78 Å². The van der Waals surface area contributed by atoms with Gasteiger partial charge < -0.3 is 4.74 Å². The average Bonchev–Trinajstić information content (AvgIpc) is 2.37. The summed E-state index contributed by atoms with van der Waals surface area (Å²) in [5, 5.41) is 0. The van der Waals surface area contributed by atoms with Crippen LogP contribution in [0.1, 0.15) is 36.3 Å². The van der Waals surface area contributed by atoms with Crippen molar-refractivity contribution in [1.29, 1.82) is 0 Å². The SMILES string of the molecule is COc1ccc2c(c1)C1CCC(=O)C=C1CC2. The van der Waals surface area contributed by atoms with Crippen molar-refractivity contribution in [3.8, 4) is 5.75 Å². The molecule has 1 aromatic rings. The van der Waals surface area contributed by atoms with E-state index in [0.717, 1.165) is 25.0 Å². The van der Waals surface area contributed by atoms with Gasteiger partial charge in [-0.05, 0) is 48.6 Å². The summed E-state index contributed by atoms with van der Waals surface area (Å²) in [4.78, 5) is 11.5. The quantitative estimate of drug-likeness (QED) is 0.738. The highest BCUT2D eigenvalue weighted by Crippen LogP contribution is 2.42. The number of ketones is 1. The molecule has 0 amide bonds. The molecule has 0 radical (unpaired) electrons. The van der Waals surface area contributed by atoms with Gasteiger partial charge in [0.2, 0.25) is 0 Å². The Labute approximate surface area is 101 Å². The number of allylic oxidation sites excluding steroid dienone is 2. The summed E-state index contributed by atoms with van der Waals surface area (Å²) in [7, 11) is 1.70. The maximum atomic E-state index is 11.5. The van der Waals surface area contributed by atoms with E-state index in [9.17, 15) is 4.79 Å². The van der Waals surface area contributed by atoms with Gasteiger partial charge in [-0.3, -0.25) is 4.79 Å². The van der Waals surface area contributed by atoms with E-state index >= 15 is 0 Å². The van der Waals surface area contributed by atoms with Gasteiger partial charge in [0.05, 0.1) is 7.11 Å². The van der Waals surface area contributed by atoms with Crippen LogP contribution in [-0.4, -0.2) is 12.9 Å². The molecule has 2 nitrogen and oxygen atoms in total. The van der Waals surface area contributed by atoms with E-state index in [2.05, 4.69) is 12.1 Å². The van der Waals surface area contributed by atoms with Gasteiger partial charge in [-0.1, -0.05) is 11.6 Å². The van der Waals surface area contributed by atoms with Crippen LogP contribution in [-0.2, 0) is 11.2 Å². The minimum absolute atomic E-state index is 0.294. The molecule has 3 rings (SSSR count). The Bertz CT molecular complexity index is 500. The zero-order valence-electron chi connectivity index (χ0n) is 10.0. The van der Waals surface area contributed by atoms with Crippen LogP contribution in [0, 0.1) is 0 Å². The topological polar surface area (TPSA) is 26.3 Å². The van der Waals surface area contributed by atoms with E-state index in [-0.39, 0.29) is 0 Å². The first-order valence-corrected chi connectivity index (χ1v) is 6.18. The van der Waals surface area contributed by atoms with Gasteiger partial charge in [0.1, 0.15) is 5.75 Å². The summed E-state index contributed by atoms with van der Waals surface area (Å²) >= 11 is 0. The highest BCUT2D eigenvalue weighted by Gasteiger charge is 2.28. The van der Waals surface area contributed by atoms with E-state index in [1.165, 1.54) is 16.7 Å². The van der Waals surface area contributed by atoms with Gasteiger partial charge in [-0.2, -0.15) is 0 Å². The standard InChI is InChI=1S/C15H16O2/c1-17-13-6-4-10-2-3-11-8-12(16)5-7-14(11)15(10)9-13/h4,6,8-9,14H,2-3,5,7H2,1H3. The summed E-state index contributed by atoms with van der Waals surface area (Å²) < 4.78 is 5.29. The number of hydrogen-bond acceptors (Lipinski definition) is 2.